The van der Waals surface area contributed by atoms with E-state index < -0.39 is 0 Å². The number of hydrogen-bond acceptors (Lipinski definition) is 4. The van der Waals surface area contributed by atoms with E-state index in [1.165, 1.54) is 18.1 Å². The number of furan rings is 1. The molecule has 0 saturated carbocycles. The molecule has 0 atom stereocenters. The van der Waals surface area contributed by atoms with Gasteiger partial charge in [-0.3, -0.25) is 14.4 Å². The van der Waals surface area contributed by atoms with Crippen molar-refractivity contribution in [2.24, 2.45) is 5.92 Å². The van der Waals surface area contributed by atoms with Crippen molar-refractivity contribution in [2.75, 3.05) is 29.9 Å². The van der Waals surface area contributed by atoms with Crippen LogP contribution in [-0.2, 0) is 11.2 Å². The summed E-state index contributed by atoms with van der Waals surface area (Å²) >= 11 is 0. The van der Waals surface area contributed by atoms with E-state index in [4.69, 9.17) is 4.42 Å². The smallest absolute Gasteiger partial charge is 0.258 e. The highest BCUT2D eigenvalue weighted by molar-refractivity contribution is 6.07. The van der Waals surface area contributed by atoms with Crippen LogP contribution in [0.15, 0.2) is 71.5 Å². The number of nitrogens with zero attached hydrogens (tertiary/aromatic N) is 2. The molecule has 7 heteroatoms. The average molecular weight is 444 g/mol. The Hall–Kier alpha value is -3.87. The molecule has 2 aliphatic rings. The van der Waals surface area contributed by atoms with Gasteiger partial charge in [-0.2, -0.15) is 0 Å². The van der Waals surface area contributed by atoms with E-state index in [1.807, 2.05) is 23.1 Å². The number of rotatable bonds is 4. The predicted octanol–water partition coefficient (Wildman–Crippen LogP) is 3.97. The number of likely N-dealkylation sites (tertiary alicyclic amines) is 1. The quantitative estimate of drug-likeness (QED) is 0.661. The molecule has 2 aromatic carbocycles. The zero-order valence-electron chi connectivity index (χ0n) is 18.2. The summed E-state index contributed by atoms with van der Waals surface area (Å²) in [5, 5.41) is 2.95. The van der Waals surface area contributed by atoms with Crippen LogP contribution < -0.4 is 10.2 Å². The Morgan fingerprint density at radius 1 is 0.848 bits per heavy atom. The number of carbonyl (C=O) groups excluding carboxylic acids is 3. The van der Waals surface area contributed by atoms with Gasteiger partial charge in [0.1, 0.15) is 6.26 Å². The van der Waals surface area contributed by atoms with Crippen molar-refractivity contribution in [3.63, 3.8) is 0 Å². The van der Waals surface area contributed by atoms with Crippen LogP contribution in [0.25, 0.3) is 0 Å². The molecular weight excluding hydrogens is 418 g/mol. The van der Waals surface area contributed by atoms with E-state index in [-0.39, 0.29) is 23.6 Å². The second kappa shape index (κ2) is 8.94. The van der Waals surface area contributed by atoms with Gasteiger partial charge in [0.2, 0.25) is 5.91 Å². The molecule has 1 fully saturated rings. The molecule has 3 heterocycles. The minimum absolute atomic E-state index is 0.0347. The largest absolute Gasteiger partial charge is 0.472 e. The van der Waals surface area contributed by atoms with Gasteiger partial charge < -0.3 is 19.5 Å². The predicted molar refractivity (Wildman–Crippen MR) is 124 cm³/mol. The maximum absolute atomic E-state index is 13.0. The van der Waals surface area contributed by atoms with Crippen molar-refractivity contribution in [3.8, 4) is 0 Å². The van der Waals surface area contributed by atoms with Crippen molar-refractivity contribution in [3.05, 3.63) is 83.8 Å². The molecule has 3 aromatic rings. The molecule has 2 aliphatic heterocycles. The summed E-state index contributed by atoms with van der Waals surface area (Å²) in [4.78, 5) is 41.7. The third-order valence-electron chi connectivity index (χ3n) is 6.45. The first-order valence-corrected chi connectivity index (χ1v) is 11.2. The maximum atomic E-state index is 13.0. The number of benzene rings is 2. The lowest BCUT2D eigenvalue weighted by Crippen LogP contribution is -2.41. The van der Waals surface area contributed by atoms with Gasteiger partial charge in [0.15, 0.2) is 0 Å². The number of nitrogens with one attached hydrogen (secondary N) is 1. The molecule has 0 unspecified atom stereocenters. The zero-order chi connectivity index (χ0) is 22.8. The molecule has 1 N–H and O–H groups in total. The van der Waals surface area contributed by atoms with Gasteiger partial charge in [0, 0.05) is 42.5 Å². The van der Waals surface area contributed by atoms with E-state index in [9.17, 15) is 14.4 Å². The second-order valence-electron chi connectivity index (χ2n) is 8.48. The lowest BCUT2D eigenvalue weighted by atomic mass is 9.95. The summed E-state index contributed by atoms with van der Waals surface area (Å²) < 4.78 is 4.98. The van der Waals surface area contributed by atoms with Crippen LogP contribution >= 0.6 is 0 Å². The number of amides is 3. The van der Waals surface area contributed by atoms with Crippen molar-refractivity contribution in [1.82, 2.24) is 4.90 Å². The van der Waals surface area contributed by atoms with Crippen LogP contribution in [0.2, 0.25) is 0 Å². The Bertz CT molecular complexity index is 1160. The van der Waals surface area contributed by atoms with E-state index in [1.54, 1.807) is 35.2 Å². The highest BCUT2D eigenvalue weighted by atomic mass is 16.3. The second-order valence-corrected chi connectivity index (χ2v) is 8.48. The highest BCUT2D eigenvalue weighted by Gasteiger charge is 2.29. The summed E-state index contributed by atoms with van der Waals surface area (Å²) in [6, 6.07) is 16.7. The monoisotopic (exact) mass is 443 g/mol. The molecule has 33 heavy (non-hydrogen) atoms. The normalized spacial score (nSPS) is 15.9. The molecule has 0 aliphatic carbocycles. The van der Waals surface area contributed by atoms with Crippen LogP contribution in [0.3, 0.4) is 0 Å². The fourth-order valence-electron chi connectivity index (χ4n) is 4.56. The molecule has 0 spiro atoms. The molecule has 5 rings (SSSR count). The van der Waals surface area contributed by atoms with Crippen LogP contribution in [0.4, 0.5) is 11.4 Å². The van der Waals surface area contributed by atoms with Crippen LogP contribution in [-0.4, -0.2) is 42.3 Å². The molecule has 0 bridgehead atoms. The standard InChI is InChI=1S/C26H25N3O4/c30-24(19-9-13-28(14-10-19)25(31)21-12-16-33-17-21)27-22-7-5-20(6-8-22)26(32)29-15-11-18-3-1-2-4-23(18)29/h1-8,12,16-17,19H,9-11,13-15H2,(H,27,30). The number of hydrogen-bond donors (Lipinski definition) is 1. The lowest BCUT2D eigenvalue weighted by molar-refractivity contribution is -0.121. The Morgan fingerprint density at radius 2 is 1.61 bits per heavy atom. The van der Waals surface area contributed by atoms with Gasteiger partial charge in [-0.15, -0.1) is 0 Å². The number of anilines is 2. The summed E-state index contributed by atoms with van der Waals surface area (Å²) in [7, 11) is 0. The van der Waals surface area contributed by atoms with Crippen molar-refractivity contribution >= 4 is 29.1 Å². The van der Waals surface area contributed by atoms with E-state index >= 15 is 0 Å². The minimum Gasteiger partial charge on any atom is -0.472 e. The molecule has 168 valence electrons. The van der Waals surface area contributed by atoms with Crippen molar-refractivity contribution < 1.29 is 18.8 Å². The Kier molecular flexibility index (Phi) is 5.69. The summed E-state index contributed by atoms with van der Waals surface area (Å²) in [5.41, 5.74) is 3.95. The van der Waals surface area contributed by atoms with Gasteiger partial charge >= 0.3 is 0 Å². The van der Waals surface area contributed by atoms with E-state index in [0.717, 1.165) is 12.1 Å². The van der Waals surface area contributed by atoms with Crippen molar-refractivity contribution in [1.29, 1.82) is 0 Å². The molecular formula is C26H25N3O4. The minimum atomic E-state index is -0.152. The molecule has 0 radical (unpaired) electrons. The average Bonchev–Trinajstić information content (AvgIpc) is 3.54. The fraction of sp³-hybridized carbons (Fsp3) is 0.269. The first-order valence-electron chi connectivity index (χ1n) is 11.2. The maximum Gasteiger partial charge on any atom is 0.258 e. The van der Waals surface area contributed by atoms with E-state index in [2.05, 4.69) is 11.4 Å². The topological polar surface area (TPSA) is 82.9 Å². The molecule has 3 amide bonds. The molecule has 1 saturated heterocycles. The number of carbonyl (C=O) groups is 3. The third-order valence-corrected chi connectivity index (χ3v) is 6.45. The van der Waals surface area contributed by atoms with Gasteiger partial charge in [0.25, 0.3) is 11.8 Å². The number of para-hydroxylation sites is 1. The van der Waals surface area contributed by atoms with Crippen LogP contribution in [0, 0.1) is 5.92 Å². The summed E-state index contributed by atoms with van der Waals surface area (Å²) in [6.45, 7) is 1.75. The first kappa shape index (κ1) is 21.0. The van der Waals surface area contributed by atoms with Gasteiger partial charge in [0.05, 0.1) is 11.8 Å². The number of piperidine rings is 1. The number of fused-ring (bicyclic) bond motifs is 1. The third kappa shape index (κ3) is 4.26. The molecule has 1 aromatic heterocycles. The highest BCUT2D eigenvalue weighted by Crippen LogP contribution is 2.29. The zero-order valence-corrected chi connectivity index (χ0v) is 18.2. The van der Waals surface area contributed by atoms with Gasteiger partial charge in [-0.1, -0.05) is 18.2 Å². The Labute approximate surface area is 192 Å². The van der Waals surface area contributed by atoms with Crippen molar-refractivity contribution in [2.45, 2.75) is 19.3 Å². The SMILES string of the molecule is O=C(Nc1ccc(C(=O)N2CCc3ccccc32)cc1)C1CCN(C(=O)c2ccoc2)CC1. The van der Waals surface area contributed by atoms with Crippen LogP contribution in [0.5, 0.6) is 0 Å². The molecule has 7 nitrogen and oxygen atoms in total. The Morgan fingerprint density at radius 3 is 2.33 bits per heavy atom. The summed E-state index contributed by atoms with van der Waals surface area (Å²) in [6.07, 6.45) is 5.01. The van der Waals surface area contributed by atoms with Gasteiger partial charge in [-0.05, 0) is 61.2 Å². The lowest BCUT2D eigenvalue weighted by Gasteiger charge is -2.31. The van der Waals surface area contributed by atoms with Crippen LogP contribution in [0.1, 0.15) is 39.1 Å². The first-order chi connectivity index (χ1) is 16.1. The fourth-order valence-corrected chi connectivity index (χ4v) is 4.56. The summed E-state index contributed by atoms with van der Waals surface area (Å²) in [5.74, 6) is -0.310. The Balaban J connectivity index is 1.16. The van der Waals surface area contributed by atoms with Gasteiger partial charge in [-0.25, -0.2) is 0 Å². The van der Waals surface area contributed by atoms with E-state index in [0.29, 0.717) is 49.3 Å².